The Labute approximate surface area is 130 Å². The number of urea groups is 1. The molecule has 2 amide bonds. The Balaban J connectivity index is 2.07. The molecule has 0 saturated carbocycles. The van der Waals surface area contributed by atoms with Crippen molar-refractivity contribution in [1.82, 2.24) is 15.5 Å². The molecule has 2 N–H and O–H groups in total. The maximum atomic E-state index is 12.2. The molecule has 1 heterocycles. The molecular weight excluding hydrogens is 280 g/mol. The molecule has 0 aliphatic carbocycles. The zero-order chi connectivity index (χ0) is 16.3. The summed E-state index contributed by atoms with van der Waals surface area (Å²) in [5.41, 5.74) is 1.81. The topological polar surface area (TPSA) is 80.0 Å². The van der Waals surface area contributed by atoms with E-state index < -0.39 is 0 Å². The molecule has 1 aromatic carbocycles. The minimum atomic E-state index is -0.358. The minimum Gasteiger partial charge on any atom is -0.337 e. The van der Waals surface area contributed by atoms with Crippen molar-refractivity contribution in [3.63, 3.8) is 0 Å². The second-order valence-corrected chi connectivity index (χ2v) is 6.30. The van der Waals surface area contributed by atoms with Crippen LogP contribution in [0.4, 0.5) is 10.5 Å². The number of carbonyl (C=O) groups excluding carboxylic acids is 1. The summed E-state index contributed by atoms with van der Waals surface area (Å²) in [5, 5.41) is 9.39. The second kappa shape index (κ2) is 6.17. The third-order valence-electron chi connectivity index (χ3n) is 3.24. The molecule has 1 atom stereocenters. The highest BCUT2D eigenvalue weighted by atomic mass is 16.5. The third kappa shape index (κ3) is 3.84. The zero-order valence-electron chi connectivity index (χ0n) is 13.6. The van der Waals surface area contributed by atoms with E-state index in [4.69, 9.17) is 4.52 Å². The van der Waals surface area contributed by atoms with E-state index in [-0.39, 0.29) is 17.5 Å². The van der Waals surface area contributed by atoms with Crippen LogP contribution in [-0.4, -0.2) is 16.2 Å². The SMILES string of the molecule is Cc1noc([C@@H](C)NC(=O)Nc2ccccc2C(C)(C)C)n1. The monoisotopic (exact) mass is 302 g/mol. The summed E-state index contributed by atoms with van der Waals surface area (Å²) in [6, 6.07) is 7.11. The van der Waals surface area contributed by atoms with Crippen LogP contribution >= 0.6 is 0 Å². The maximum absolute atomic E-state index is 12.2. The lowest BCUT2D eigenvalue weighted by Crippen LogP contribution is -2.32. The molecule has 0 saturated heterocycles. The summed E-state index contributed by atoms with van der Waals surface area (Å²) in [6.45, 7) is 9.85. The minimum absolute atomic E-state index is 0.0565. The first kappa shape index (κ1) is 16.0. The molecule has 0 bridgehead atoms. The molecule has 2 aromatic rings. The Hall–Kier alpha value is -2.37. The van der Waals surface area contributed by atoms with Gasteiger partial charge in [0, 0.05) is 5.69 Å². The van der Waals surface area contributed by atoms with E-state index in [9.17, 15) is 4.79 Å². The molecule has 0 unspecified atom stereocenters. The smallest absolute Gasteiger partial charge is 0.319 e. The molecule has 0 fully saturated rings. The summed E-state index contributed by atoms with van der Waals surface area (Å²) >= 11 is 0. The summed E-state index contributed by atoms with van der Waals surface area (Å²) in [7, 11) is 0. The summed E-state index contributed by atoms with van der Waals surface area (Å²) in [6.07, 6.45) is 0. The number of rotatable bonds is 3. The maximum Gasteiger partial charge on any atom is 0.319 e. The highest BCUT2D eigenvalue weighted by Crippen LogP contribution is 2.29. The molecule has 0 aliphatic rings. The van der Waals surface area contributed by atoms with Crippen LogP contribution in [0, 0.1) is 6.92 Å². The van der Waals surface area contributed by atoms with Crippen molar-refractivity contribution in [3.8, 4) is 0 Å². The van der Waals surface area contributed by atoms with Gasteiger partial charge in [0.15, 0.2) is 5.82 Å². The van der Waals surface area contributed by atoms with E-state index in [1.54, 1.807) is 13.8 Å². The summed E-state index contributed by atoms with van der Waals surface area (Å²) in [4.78, 5) is 16.3. The van der Waals surface area contributed by atoms with Gasteiger partial charge in [-0.3, -0.25) is 0 Å². The number of nitrogens with one attached hydrogen (secondary N) is 2. The van der Waals surface area contributed by atoms with Crippen LogP contribution in [-0.2, 0) is 5.41 Å². The highest BCUT2D eigenvalue weighted by Gasteiger charge is 2.20. The number of aryl methyl sites for hydroxylation is 1. The number of para-hydroxylation sites is 1. The van der Waals surface area contributed by atoms with E-state index in [1.807, 2.05) is 24.3 Å². The Kier molecular flexibility index (Phi) is 4.49. The van der Waals surface area contributed by atoms with Crippen molar-refractivity contribution in [2.45, 2.75) is 46.1 Å². The fraction of sp³-hybridized carbons (Fsp3) is 0.438. The summed E-state index contributed by atoms with van der Waals surface area (Å²) < 4.78 is 5.05. The first-order valence-electron chi connectivity index (χ1n) is 7.24. The van der Waals surface area contributed by atoms with Gasteiger partial charge in [-0.15, -0.1) is 0 Å². The number of aromatic nitrogens is 2. The number of anilines is 1. The van der Waals surface area contributed by atoms with Gasteiger partial charge in [0.05, 0.1) is 0 Å². The van der Waals surface area contributed by atoms with E-state index >= 15 is 0 Å². The van der Waals surface area contributed by atoms with Crippen LogP contribution in [0.2, 0.25) is 0 Å². The van der Waals surface area contributed by atoms with E-state index in [0.717, 1.165) is 11.3 Å². The van der Waals surface area contributed by atoms with Crippen molar-refractivity contribution in [2.24, 2.45) is 0 Å². The number of nitrogens with zero attached hydrogens (tertiary/aromatic N) is 2. The van der Waals surface area contributed by atoms with Crippen LogP contribution in [0.1, 0.15) is 51.0 Å². The fourth-order valence-electron chi connectivity index (χ4n) is 2.15. The Morgan fingerprint density at radius 1 is 1.27 bits per heavy atom. The van der Waals surface area contributed by atoms with Gasteiger partial charge in [0.2, 0.25) is 5.89 Å². The van der Waals surface area contributed by atoms with Crippen LogP contribution < -0.4 is 10.6 Å². The molecule has 0 aliphatic heterocycles. The Bertz CT molecular complexity index is 658. The standard InChI is InChI=1S/C16H22N4O2/c1-10(14-18-11(2)20-22-14)17-15(21)19-13-9-7-6-8-12(13)16(3,4)5/h6-10H,1-5H3,(H2,17,19,21)/t10-/m1/s1. The van der Waals surface area contributed by atoms with E-state index in [1.165, 1.54) is 0 Å². The van der Waals surface area contributed by atoms with E-state index in [2.05, 4.69) is 41.5 Å². The Morgan fingerprint density at radius 2 is 1.95 bits per heavy atom. The molecule has 22 heavy (non-hydrogen) atoms. The third-order valence-corrected chi connectivity index (χ3v) is 3.24. The van der Waals surface area contributed by atoms with Crippen molar-refractivity contribution in [2.75, 3.05) is 5.32 Å². The molecule has 0 radical (unpaired) electrons. The predicted molar refractivity (Wildman–Crippen MR) is 84.7 cm³/mol. The van der Waals surface area contributed by atoms with Gasteiger partial charge < -0.3 is 15.2 Å². The van der Waals surface area contributed by atoms with Crippen molar-refractivity contribution in [1.29, 1.82) is 0 Å². The van der Waals surface area contributed by atoms with Crippen molar-refractivity contribution in [3.05, 3.63) is 41.5 Å². The lowest BCUT2D eigenvalue weighted by atomic mass is 9.86. The average molecular weight is 302 g/mol. The van der Waals surface area contributed by atoms with Gasteiger partial charge in [-0.05, 0) is 30.9 Å². The largest absolute Gasteiger partial charge is 0.337 e. The number of carbonyl (C=O) groups is 1. The van der Waals surface area contributed by atoms with Crippen LogP contribution in [0.25, 0.3) is 0 Å². The number of benzene rings is 1. The van der Waals surface area contributed by atoms with Crippen molar-refractivity contribution >= 4 is 11.7 Å². The number of hydrogen-bond acceptors (Lipinski definition) is 4. The number of amides is 2. The number of hydrogen-bond donors (Lipinski definition) is 2. The summed E-state index contributed by atoms with van der Waals surface area (Å²) in [5.74, 6) is 0.930. The highest BCUT2D eigenvalue weighted by molar-refractivity contribution is 5.90. The van der Waals surface area contributed by atoms with Gasteiger partial charge in [-0.1, -0.05) is 44.1 Å². The lowest BCUT2D eigenvalue weighted by Gasteiger charge is -2.23. The first-order valence-corrected chi connectivity index (χ1v) is 7.24. The molecule has 6 heteroatoms. The van der Waals surface area contributed by atoms with Gasteiger partial charge in [0.25, 0.3) is 0 Å². The quantitative estimate of drug-likeness (QED) is 0.908. The zero-order valence-corrected chi connectivity index (χ0v) is 13.6. The molecule has 118 valence electrons. The average Bonchev–Trinajstić information content (AvgIpc) is 2.84. The van der Waals surface area contributed by atoms with Gasteiger partial charge in [-0.2, -0.15) is 4.98 Å². The van der Waals surface area contributed by atoms with Gasteiger partial charge >= 0.3 is 6.03 Å². The van der Waals surface area contributed by atoms with E-state index in [0.29, 0.717) is 11.7 Å². The van der Waals surface area contributed by atoms with Gasteiger partial charge in [0.1, 0.15) is 6.04 Å². The molecule has 2 rings (SSSR count). The Morgan fingerprint density at radius 3 is 2.55 bits per heavy atom. The predicted octanol–water partition coefficient (Wildman–Crippen LogP) is 3.56. The van der Waals surface area contributed by atoms with Crippen LogP contribution in [0.15, 0.2) is 28.8 Å². The molecule has 0 spiro atoms. The lowest BCUT2D eigenvalue weighted by molar-refractivity contribution is 0.245. The van der Waals surface area contributed by atoms with Gasteiger partial charge in [-0.25, -0.2) is 4.79 Å². The second-order valence-electron chi connectivity index (χ2n) is 6.30. The van der Waals surface area contributed by atoms with Crippen LogP contribution in [0.5, 0.6) is 0 Å². The molecule has 1 aromatic heterocycles. The van der Waals surface area contributed by atoms with Crippen LogP contribution in [0.3, 0.4) is 0 Å². The molecule has 6 nitrogen and oxygen atoms in total. The normalized spacial score (nSPS) is 12.8. The molecular formula is C16H22N4O2. The van der Waals surface area contributed by atoms with Crippen molar-refractivity contribution < 1.29 is 9.32 Å². The first-order chi connectivity index (χ1) is 10.3. The fourth-order valence-corrected chi connectivity index (χ4v) is 2.15.